The zero-order valence-corrected chi connectivity index (χ0v) is 29.1. The van der Waals surface area contributed by atoms with Crippen molar-refractivity contribution < 1.29 is 14.3 Å². The van der Waals surface area contributed by atoms with Crippen molar-refractivity contribution in [2.24, 2.45) is 17.8 Å². The minimum atomic E-state index is 0.375. The van der Waals surface area contributed by atoms with Gasteiger partial charge in [-0.2, -0.15) is 0 Å². The molecule has 242 valence electrons. The number of hydrogen-bond donors (Lipinski definition) is 0. The predicted octanol–water partition coefficient (Wildman–Crippen LogP) is 11.9. The average molecular weight is 577 g/mol. The number of methoxy groups -OCH3 is 2. The Hall–Kier alpha value is -1.19. The zero-order valence-electron chi connectivity index (χ0n) is 29.1. The first-order valence-electron chi connectivity index (χ1n) is 17.2. The molecule has 0 N–H and O–H groups in total. The van der Waals surface area contributed by atoms with Crippen molar-refractivity contribution in [3.8, 4) is 0 Å². The Kier molecular flexibility index (Phi) is 32.5. The highest BCUT2D eigenvalue weighted by Gasteiger charge is 2.25. The summed E-state index contributed by atoms with van der Waals surface area (Å²) in [4.78, 5) is 10.6. The fraction of sp³-hybridized carbons (Fsp3) is 0.816. The number of carbonyl (C=O) groups is 1. The summed E-state index contributed by atoms with van der Waals surface area (Å²) < 4.78 is 9.50. The second kappa shape index (κ2) is 31.7. The van der Waals surface area contributed by atoms with Crippen LogP contribution in [0.1, 0.15) is 158 Å². The molecule has 41 heavy (non-hydrogen) atoms. The van der Waals surface area contributed by atoms with Gasteiger partial charge in [0.25, 0.3) is 0 Å². The Labute approximate surface area is 258 Å². The molecule has 0 aromatic rings. The number of hydrogen-bond acceptors (Lipinski definition) is 3. The molecule has 4 aliphatic carbocycles. The van der Waals surface area contributed by atoms with Gasteiger partial charge in [0.2, 0.25) is 0 Å². The first-order chi connectivity index (χ1) is 19.7. The van der Waals surface area contributed by atoms with E-state index >= 15 is 0 Å². The zero-order chi connectivity index (χ0) is 31.1. The number of carbonyl (C=O) groups excluding carboxylic acids is 1. The van der Waals surface area contributed by atoms with Crippen molar-refractivity contribution in [2.45, 2.75) is 170 Å². The van der Waals surface area contributed by atoms with Crippen molar-refractivity contribution in [2.75, 3.05) is 14.2 Å². The Balaban J connectivity index is 0. The molecule has 0 amide bonds. The van der Waals surface area contributed by atoms with E-state index in [0.29, 0.717) is 30.3 Å². The van der Waals surface area contributed by atoms with Crippen LogP contribution in [0.4, 0.5) is 0 Å². The number of allylic oxidation sites excluding steroid dienone is 6. The lowest BCUT2D eigenvalue weighted by Gasteiger charge is -2.00. The Morgan fingerprint density at radius 3 is 1.10 bits per heavy atom. The third-order valence-corrected chi connectivity index (χ3v) is 7.46. The van der Waals surface area contributed by atoms with Gasteiger partial charge in [-0.15, -0.1) is 0 Å². The standard InChI is InChI=1S/2C8H14.C7H14O.C7H10.2C4H10O/c2*1-2-4-6-8-7-5-3-1;1-4-7(8)5-6(2)3;1-2-7-4-3-6(1)5-7;2*1-4(2)5-3/h2*1-2H,3-8H2;6H,4-5H2,1-3H3;1-2,6-7H,3-5H2;2*4H,1-3H3. The summed E-state index contributed by atoms with van der Waals surface area (Å²) in [6.45, 7) is 14.0. The number of fused-ring (bicyclic) bond motifs is 2. The van der Waals surface area contributed by atoms with Crippen LogP contribution in [0, 0.1) is 17.8 Å². The summed E-state index contributed by atoms with van der Waals surface area (Å²) in [6.07, 6.45) is 37.4. The SMILES string of the molecule is C1=CC2CCC1C2.C1=CCCCCCC1.C1=CCCCCCC1.CCC(=O)CC(C)C.COC(C)C.COC(C)C. The van der Waals surface area contributed by atoms with Crippen molar-refractivity contribution >= 4 is 5.78 Å². The topological polar surface area (TPSA) is 35.5 Å². The van der Waals surface area contributed by atoms with Crippen molar-refractivity contribution in [3.63, 3.8) is 0 Å². The van der Waals surface area contributed by atoms with Crippen LogP contribution in [0.2, 0.25) is 0 Å². The third kappa shape index (κ3) is 34.9. The van der Waals surface area contributed by atoms with Gasteiger partial charge in [0.1, 0.15) is 5.78 Å². The summed E-state index contributed by atoms with van der Waals surface area (Å²) in [5.41, 5.74) is 0. The van der Waals surface area contributed by atoms with Gasteiger partial charge in [-0.3, -0.25) is 4.79 Å². The lowest BCUT2D eigenvalue weighted by atomic mass is 10.1. The summed E-state index contributed by atoms with van der Waals surface area (Å²) in [5, 5.41) is 0. The Bertz CT molecular complexity index is 567. The van der Waals surface area contributed by atoms with E-state index in [1.807, 2.05) is 34.6 Å². The van der Waals surface area contributed by atoms with E-state index < -0.39 is 0 Å². The molecule has 0 radical (unpaired) electrons. The van der Waals surface area contributed by atoms with E-state index in [-0.39, 0.29) is 0 Å². The fourth-order valence-corrected chi connectivity index (χ4v) is 4.54. The molecule has 4 aliphatic rings. The molecule has 1 fully saturated rings. The molecule has 2 atom stereocenters. The largest absolute Gasteiger partial charge is 0.382 e. The molecule has 0 saturated heterocycles. The second-order valence-corrected chi connectivity index (χ2v) is 12.7. The monoisotopic (exact) mass is 577 g/mol. The number of Topliss-reactive ketones (excluding diaryl/α,β-unsaturated/α-hetero) is 1. The van der Waals surface area contributed by atoms with Gasteiger partial charge in [-0.1, -0.05) is 82.9 Å². The molecule has 0 aliphatic heterocycles. The Morgan fingerprint density at radius 2 is 0.951 bits per heavy atom. The maximum absolute atomic E-state index is 10.6. The van der Waals surface area contributed by atoms with Gasteiger partial charge in [0, 0.05) is 27.1 Å². The first-order valence-corrected chi connectivity index (χ1v) is 17.2. The number of ether oxygens (including phenoxy) is 2. The van der Waals surface area contributed by atoms with Crippen LogP contribution in [0.5, 0.6) is 0 Å². The summed E-state index contributed by atoms with van der Waals surface area (Å²) in [7, 11) is 3.40. The lowest BCUT2D eigenvalue weighted by molar-refractivity contribution is -0.119. The molecule has 0 heterocycles. The smallest absolute Gasteiger partial charge is 0.132 e. The summed E-state index contributed by atoms with van der Waals surface area (Å²) in [5.74, 6) is 2.89. The van der Waals surface area contributed by atoms with E-state index in [1.165, 1.54) is 96.3 Å². The van der Waals surface area contributed by atoms with Gasteiger partial charge in [0.05, 0.1) is 12.2 Å². The van der Waals surface area contributed by atoms with Crippen molar-refractivity contribution in [1.29, 1.82) is 0 Å². The molecular formula is C38H72O3. The van der Waals surface area contributed by atoms with Gasteiger partial charge < -0.3 is 9.47 Å². The predicted molar refractivity (Wildman–Crippen MR) is 183 cm³/mol. The van der Waals surface area contributed by atoms with E-state index in [4.69, 9.17) is 9.47 Å². The van der Waals surface area contributed by atoms with Crippen molar-refractivity contribution in [1.82, 2.24) is 0 Å². The Morgan fingerprint density at radius 1 is 0.634 bits per heavy atom. The molecule has 0 aromatic heterocycles. The van der Waals surface area contributed by atoms with Gasteiger partial charge in [-0.25, -0.2) is 0 Å². The second-order valence-electron chi connectivity index (χ2n) is 12.7. The van der Waals surface area contributed by atoms with E-state index in [2.05, 4.69) is 50.3 Å². The van der Waals surface area contributed by atoms with Crippen LogP contribution >= 0.6 is 0 Å². The minimum Gasteiger partial charge on any atom is -0.382 e. The highest BCUT2D eigenvalue weighted by Crippen LogP contribution is 2.38. The van der Waals surface area contributed by atoms with Crippen LogP contribution in [0.3, 0.4) is 0 Å². The molecular weight excluding hydrogens is 504 g/mol. The molecule has 0 aromatic carbocycles. The normalized spacial score (nSPS) is 20.7. The molecule has 3 heteroatoms. The number of ketones is 1. The van der Waals surface area contributed by atoms with Crippen LogP contribution in [-0.2, 0) is 14.3 Å². The van der Waals surface area contributed by atoms with E-state index in [0.717, 1.165) is 18.3 Å². The quantitative estimate of drug-likeness (QED) is 0.305. The maximum atomic E-state index is 10.6. The van der Waals surface area contributed by atoms with Crippen molar-refractivity contribution in [3.05, 3.63) is 36.5 Å². The molecule has 0 spiro atoms. The molecule has 2 bridgehead atoms. The van der Waals surface area contributed by atoms with Gasteiger partial charge in [0.15, 0.2) is 0 Å². The highest BCUT2D eigenvalue weighted by molar-refractivity contribution is 5.78. The molecule has 4 rings (SSSR count). The van der Waals surface area contributed by atoms with Crippen LogP contribution in [0.15, 0.2) is 36.5 Å². The summed E-state index contributed by atoms with van der Waals surface area (Å²) in [6, 6.07) is 0. The van der Waals surface area contributed by atoms with Crippen LogP contribution in [0.25, 0.3) is 0 Å². The molecule has 2 unspecified atom stereocenters. The van der Waals surface area contributed by atoms with Crippen LogP contribution < -0.4 is 0 Å². The third-order valence-electron chi connectivity index (χ3n) is 7.46. The summed E-state index contributed by atoms with van der Waals surface area (Å²) >= 11 is 0. The van der Waals surface area contributed by atoms with E-state index in [9.17, 15) is 4.79 Å². The fourth-order valence-electron chi connectivity index (χ4n) is 4.54. The van der Waals surface area contributed by atoms with E-state index in [1.54, 1.807) is 14.2 Å². The maximum Gasteiger partial charge on any atom is 0.132 e. The number of rotatable bonds is 5. The first kappa shape index (κ1) is 41.9. The van der Waals surface area contributed by atoms with Gasteiger partial charge >= 0.3 is 0 Å². The minimum absolute atomic E-state index is 0.375. The average Bonchev–Trinajstić information content (AvgIpc) is 3.56. The lowest BCUT2D eigenvalue weighted by Crippen LogP contribution is -1.99. The van der Waals surface area contributed by atoms with Gasteiger partial charge in [-0.05, 0) is 116 Å². The van der Waals surface area contributed by atoms with Crippen LogP contribution in [-0.4, -0.2) is 32.2 Å². The highest BCUT2D eigenvalue weighted by atomic mass is 16.5. The molecule has 1 saturated carbocycles. The molecule has 3 nitrogen and oxygen atoms in total.